The third kappa shape index (κ3) is 3.52. The molecule has 3 N–H and O–H groups in total. The highest BCUT2D eigenvalue weighted by Gasteiger charge is 2.20. The number of rotatable bonds is 4. The van der Waals surface area contributed by atoms with Gasteiger partial charge in [-0.15, -0.1) is 0 Å². The number of nitrogens with one attached hydrogen (secondary N) is 1. The van der Waals surface area contributed by atoms with Crippen molar-refractivity contribution in [3.63, 3.8) is 0 Å². The molecule has 1 amide bonds. The first kappa shape index (κ1) is 14.1. The average molecular weight is 249 g/mol. The molecule has 0 aliphatic heterocycles. The van der Waals surface area contributed by atoms with Crippen LogP contribution in [-0.4, -0.2) is 27.2 Å². The second-order valence-electron chi connectivity index (χ2n) is 3.93. The summed E-state index contributed by atoms with van der Waals surface area (Å²) in [5.74, 6) is 0.144. The number of carbonyl (C=O) groups excluding carboxylic acids is 1. The lowest BCUT2D eigenvalue weighted by atomic mass is 10.0. The highest BCUT2D eigenvalue weighted by Crippen LogP contribution is 2.22. The van der Waals surface area contributed by atoms with Crippen LogP contribution in [0.2, 0.25) is 0 Å². The van der Waals surface area contributed by atoms with Crippen molar-refractivity contribution in [3.8, 4) is 6.07 Å². The molecule has 0 aromatic carbocycles. The van der Waals surface area contributed by atoms with E-state index in [0.29, 0.717) is 17.1 Å². The minimum atomic E-state index is -1.16. The predicted octanol–water partition coefficient (Wildman–Crippen LogP) is 0.656. The molecule has 1 aromatic rings. The molecular weight excluding hydrogens is 234 g/mol. The normalized spacial score (nSPS) is 13.5. The number of aliphatic hydroxyl groups is 2. The van der Waals surface area contributed by atoms with Crippen LogP contribution in [0.15, 0.2) is 12.1 Å². The van der Waals surface area contributed by atoms with Crippen molar-refractivity contribution in [1.29, 1.82) is 5.26 Å². The fourth-order valence-corrected chi connectivity index (χ4v) is 1.55. The summed E-state index contributed by atoms with van der Waals surface area (Å²) in [5, 5.41) is 30.4. The number of hydrogen-bond acceptors (Lipinski definition) is 5. The Hall–Kier alpha value is -1.97. The number of anilines is 1. The van der Waals surface area contributed by atoms with Gasteiger partial charge in [0.25, 0.3) is 0 Å². The lowest BCUT2D eigenvalue weighted by molar-refractivity contribution is -0.114. The van der Waals surface area contributed by atoms with Gasteiger partial charge >= 0.3 is 0 Å². The van der Waals surface area contributed by atoms with Gasteiger partial charge in [0.15, 0.2) is 0 Å². The summed E-state index contributed by atoms with van der Waals surface area (Å²) in [4.78, 5) is 15.0. The van der Waals surface area contributed by atoms with E-state index < -0.39 is 12.2 Å². The number of carbonyl (C=O) groups is 1. The summed E-state index contributed by atoms with van der Waals surface area (Å²) < 4.78 is 0. The second-order valence-corrected chi connectivity index (χ2v) is 3.93. The number of nitriles is 1. The number of aromatic nitrogens is 1. The molecule has 1 aromatic heterocycles. The van der Waals surface area contributed by atoms with Crippen molar-refractivity contribution in [2.45, 2.75) is 32.5 Å². The van der Waals surface area contributed by atoms with Gasteiger partial charge in [-0.05, 0) is 13.0 Å². The zero-order valence-corrected chi connectivity index (χ0v) is 10.2. The van der Waals surface area contributed by atoms with Gasteiger partial charge in [0.1, 0.15) is 11.9 Å². The molecule has 0 aliphatic rings. The summed E-state index contributed by atoms with van der Waals surface area (Å²) in [6.45, 7) is 3.03. The van der Waals surface area contributed by atoms with Gasteiger partial charge in [0.2, 0.25) is 5.91 Å². The molecule has 0 saturated heterocycles. The third-order valence-electron chi connectivity index (χ3n) is 2.41. The molecule has 6 nitrogen and oxygen atoms in total. The first-order valence-electron chi connectivity index (χ1n) is 5.44. The van der Waals surface area contributed by atoms with E-state index in [1.54, 1.807) is 19.1 Å². The smallest absolute Gasteiger partial charge is 0.222 e. The Kier molecular flexibility index (Phi) is 4.77. The Morgan fingerprint density at radius 3 is 2.72 bits per heavy atom. The summed E-state index contributed by atoms with van der Waals surface area (Å²) in [5.41, 5.74) is 0.928. The largest absolute Gasteiger partial charge is 0.389 e. The van der Waals surface area contributed by atoms with Gasteiger partial charge in [-0.2, -0.15) is 5.26 Å². The standard InChI is InChI=1S/C12H15N3O3/c1-7-9(12(18)10(17)5-6-13)3-4-11(14-7)15-8(2)16/h3-4,10,12,17-18H,5H2,1-2H3,(H,14,15,16). The second kappa shape index (κ2) is 6.10. The number of amides is 1. The maximum Gasteiger partial charge on any atom is 0.222 e. The third-order valence-corrected chi connectivity index (χ3v) is 2.41. The first-order chi connectivity index (χ1) is 8.45. The average Bonchev–Trinajstić information content (AvgIpc) is 2.28. The predicted molar refractivity (Wildman–Crippen MR) is 64.5 cm³/mol. The number of nitrogens with zero attached hydrogens (tertiary/aromatic N) is 2. The Balaban J connectivity index is 2.91. The van der Waals surface area contributed by atoms with Crippen LogP contribution >= 0.6 is 0 Å². The topological polar surface area (TPSA) is 106 Å². The van der Waals surface area contributed by atoms with Crippen LogP contribution in [-0.2, 0) is 4.79 Å². The van der Waals surface area contributed by atoms with E-state index in [-0.39, 0.29) is 12.3 Å². The van der Waals surface area contributed by atoms with Crippen LogP contribution in [0.25, 0.3) is 0 Å². The lowest BCUT2D eigenvalue weighted by Gasteiger charge is -2.17. The van der Waals surface area contributed by atoms with Gasteiger partial charge in [-0.3, -0.25) is 4.79 Å². The zero-order valence-electron chi connectivity index (χ0n) is 10.2. The fourth-order valence-electron chi connectivity index (χ4n) is 1.55. The van der Waals surface area contributed by atoms with Gasteiger partial charge in [0.05, 0.1) is 18.6 Å². The minimum absolute atomic E-state index is 0.159. The molecule has 18 heavy (non-hydrogen) atoms. The van der Waals surface area contributed by atoms with Crippen LogP contribution in [0.3, 0.4) is 0 Å². The highest BCUT2D eigenvalue weighted by atomic mass is 16.3. The molecule has 96 valence electrons. The number of hydrogen-bond donors (Lipinski definition) is 3. The van der Waals surface area contributed by atoms with Crippen molar-refractivity contribution >= 4 is 11.7 Å². The summed E-state index contributed by atoms with van der Waals surface area (Å²) >= 11 is 0. The van der Waals surface area contributed by atoms with Crippen LogP contribution in [0.4, 0.5) is 5.82 Å². The minimum Gasteiger partial charge on any atom is -0.389 e. The molecule has 2 atom stereocenters. The van der Waals surface area contributed by atoms with E-state index in [4.69, 9.17) is 5.26 Å². The lowest BCUT2D eigenvalue weighted by Crippen LogP contribution is -2.19. The van der Waals surface area contributed by atoms with Crippen LogP contribution < -0.4 is 5.32 Å². The van der Waals surface area contributed by atoms with E-state index >= 15 is 0 Å². The van der Waals surface area contributed by atoms with Crippen molar-refractivity contribution in [2.75, 3.05) is 5.32 Å². The van der Waals surface area contributed by atoms with Crippen LogP contribution in [0.5, 0.6) is 0 Å². The Bertz CT molecular complexity index is 482. The Morgan fingerprint density at radius 1 is 1.56 bits per heavy atom. The molecule has 2 unspecified atom stereocenters. The highest BCUT2D eigenvalue weighted by molar-refractivity contribution is 5.87. The SMILES string of the molecule is CC(=O)Nc1ccc(C(O)C(O)CC#N)c(C)n1. The Morgan fingerprint density at radius 2 is 2.22 bits per heavy atom. The molecule has 0 fully saturated rings. The van der Waals surface area contributed by atoms with E-state index in [2.05, 4.69) is 10.3 Å². The molecule has 0 radical (unpaired) electrons. The van der Waals surface area contributed by atoms with Gasteiger partial charge in [0, 0.05) is 18.2 Å². The monoisotopic (exact) mass is 249 g/mol. The van der Waals surface area contributed by atoms with Gasteiger partial charge < -0.3 is 15.5 Å². The first-order valence-corrected chi connectivity index (χ1v) is 5.44. The Labute approximate surface area is 105 Å². The summed E-state index contributed by atoms with van der Waals surface area (Å²) in [7, 11) is 0. The molecule has 0 saturated carbocycles. The molecule has 1 rings (SSSR count). The van der Waals surface area contributed by atoms with Crippen molar-refractivity contribution in [1.82, 2.24) is 4.98 Å². The van der Waals surface area contributed by atoms with Crippen molar-refractivity contribution in [3.05, 3.63) is 23.4 Å². The molecular formula is C12H15N3O3. The van der Waals surface area contributed by atoms with Crippen LogP contribution in [0.1, 0.15) is 30.7 Å². The van der Waals surface area contributed by atoms with Crippen molar-refractivity contribution < 1.29 is 15.0 Å². The maximum atomic E-state index is 10.9. The summed E-state index contributed by atoms with van der Waals surface area (Å²) in [6.07, 6.45) is -2.47. The van der Waals surface area contributed by atoms with Gasteiger partial charge in [-0.1, -0.05) is 6.07 Å². The van der Waals surface area contributed by atoms with E-state index in [1.807, 2.05) is 0 Å². The van der Waals surface area contributed by atoms with Crippen LogP contribution in [0, 0.1) is 18.3 Å². The quantitative estimate of drug-likeness (QED) is 0.726. The van der Waals surface area contributed by atoms with Crippen molar-refractivity contribution in [2.24, 2.45) is 0 Å². The molecule has 0 aliphatic carbocycles. The fraction of sp³-hybridized carbons (Fsp3) is 0.417. The molecule has 0 spiro atoms. The molecule has 1 heterocycles. The number of pyridine rings is 1. The maximum absolute atomic E-state index is 10.9. The molecule has 0 bridgehead atoms. The number of aryl methyl sites for hydroxylation is 1. The van der Waals surface area contributed by atoms with E-state index in [9.17, 15) is 15.0 Å². The van der Waals surface area contributed by atoms with Gasteiger partial charge in [-0.25, -0.2) is 4.98 Å². The zero-order chi connectivity index (χ0) is 13.7. The van der Waals surface area contributed by atoms with E-state index in [0.717, 1.165) is 0 Å². The summed E-state index contributed by atoms with van der Waals surface area (Å²) in [6, 6.07) is 4.89. The number of aliphatic hydroxyl groups excluding tert-OH is 2. The van der Waals surface area contributed by atoms with E-state index in [1.165, 1.54) is 13.0 Å². The molecule has 6 heteroatoms.